The maximum atomic E-state index is 10.6. The van der Waals surface area contributed by atoms with Crippen molar-refractivity contribution in [1.29, 1.82) is 0 Å². The molecule has 0 aromatic heterocycles. The van der Waals surface area contributed by atoms with Gasteiger partial charge in [0.05, 0.1) is 0 Å². The molecule has 18 heavy (non-hydrogen) atoms. The third-order valence-electron chi connectivity index (χ3n) is 2.04. The fourth-order valence-electron chi connectivity index (χ4n) is 1.40. The Labute approximate surface area is 108 Å². The summed E-state index contributed by atoms with van der Waals surface area (Å²) in [6.07, 6.45) is -0.747. The highest BCUT2D eigenvalue weighted by molar-refractivity contribution is 7.80. The Morgan fingerprint density at radius 2 is 1.67 bits per heavy atom. The first-order valence-electron chi connectivity index (χ1n) is 5.51. The molecule has 1 aromatic carbocycles. The van der Waals surface area contributed by atoms with Gasteiger partial charge in [-0.25, -0.2) is 4.18 Å². The van der Waals surface area contributed by atoms with Crippen LogP contribution in [0, 0.1) is 0 Å². The van der Waals surface area contributed by atoms with Crippen LogP contribution in [0.3, 0.4) is 0 Å². The predicted molar refractivity (Wildman–Crippen MR) is 67.9 cm³/mol. The molecule has 0 saturated heterocycles. The Morgan fingerprint density at radius 3 is 2.06 bits per heavy atom. The fraction of sp³-hybridized carbons (Fsp3) is 0.500. The van der Waals surface area contributed by atoms with E-state index in [1.807, 2.05) is 20.8 Å². The lowest BCUT2D eigenvalue weighted by Crippen LogP contribution is -2.22. The highest BCUT2D eigenvalue weighted by Crippen LogP contribution is 2.23. The lowest BCUT2D eigenvalue weighted by molar-refractivity contribution is 0.131. The number of ether oxygens (including phenoxy) is 1. The van der Waals surface area contributed by atoms with Gasteiger partial charge in [-0.1, -0.05) is 12.1 Å². The highest BCUT2D eigenvalue weighted by atomic mass is 32.3. The SMILES string of the molecule is C[C@H](OS(=O)(=O)O)c1ccc(OC(C)(C)C)cc1. The van der Waals surface area contributed by atoms with Gasteiger partial charge in [0.1, 0.15) is 17.5 Å². The fourth-order valence-corrected chi connectivity index (χ4v) is 1.87. The lowest BCUT2D eigenvalue weighted by atomic mass is 10.1. The molecule has 1 aromatic rings. The Bertz CT molecular complexity index is 484. The molecule has 0 saturated carbocycles. The van der Waals surface area contributed by atoms with Gasteiger partial charge in [-0.15, -0.1) is 0 Å². The van der Waals surface area contributed by atoms with Gasteiger partial charge in [0, 0.05) is 0 Å². The molecule has 0 aliphatic rings. The van der Waals surface area contributed by atoms with Crippen molar-refractivity contribution >= 4 is 10.4 Å². The van der Waals surface area contributed by atoms with E-state index in [1.54, 1.807) is 24.3 Å². The molecule has 6 heteroatoms. The minimum absolute atomic E-state index is 0.294. The van der Waals surface area contributed by atoms with Crippen molar-refractivity contribution in [1.82, 2.24) is 0 Å². The largest absolute Gasteiger partial charge is 0.488 e. The van der Waals surface area contributed by atoms with E-state index in [1.165, 1.54) is 6.92 Å². The second-order valence-corrected chi connectivity index (χ2v) is 6.00. The Balaban J connectivity index is 2.77. The van der Waals surface area contributed by atoms with E-state index < -0.39 is 16.5 Å². The topological polar surface area (TPSA) is 72.8 Å². The summed E-state index contributed by atoms with van der Waals surface area (Å²) in [4.78, 5) is 0. The van der Waals surface area contributed by atoms with E-state index in [4.69, 9.17) is 9.29 Å². The van der Waals surface area contributed by atoms with Crippen LogP contribution in [-0.2, 0) is 14.6 Å². The average molecular weight is 274 g/mol. The first kappa shape index (κ1) is 14.9. The third-order valence-corrected chi connectivity index (χ3v) is 2.57. The van der Waals surface area contributed by atoms with Crippen molar-refractivity contribution in [3.05, 3.63) is 29.8 Å². The van der Waals surface area contributed by atoms with E-state index in [9.17, 15) is 8.42 Å². The van der Waals surface area contributed by atoms with Crippen molar-refractivity contribution in [2.45, 2.75) is 39.4 Å². The number of rotatable bonds is 4. The maximum Gasteiger partial charge on any atom is 0.397 e. The molecule has 1 atom stereocenters. The normalized spacial score (nSPS) is 14.3. The van der Waals surface area contributed by atoms with Gasteiger partial charge in [0.15, 0.2) is 0 Å². The van der Waals surface area contributed by atoms with Crippen LogP contribution in [0.4, 0.5) is 0 Å². The second kappa shape index (κ2) is 5.26. The van der Waals surface area contributed by atoms with Gasteiger partial charge in [-0.3, -0.25) is 4.55 Å². The van der Waals surface area contributed by atoms with Crippen LogP contribution in [0.1, 0.15) is 39.4 Å². The molecule has 0 spiro atoms. The Morgan fingerprint density at radius 1 is 1.17 bits per heavy atom. The maximum absolute atomic E-state index is 10.6. The van der Waals surface area contributed by atoms with Crippen LogP contribution < -0.4 is 4.74 Å². The van der Waals surface area contributed by atoms with Gasteiger partial charge >= 0.3 is 10.4 Å². The Hall–Kier alpha value is -1.11. The lowest BCUT2D eigenvalue weighted by Gasteiger charge is -2.21. The molecular formula is C12H18O5S. The standard InChI is InChI=1S/C12H18O5S/c1-9(17-18(13,14)15)10-5-7-11(8-6-10)16-12(2,3)4/h5-9H,1-4H3,(H,13,14,15)/t9-/m0/s1. The van der Waals surface area contributed by atoms with Gasteiger partial charge in [-0.2, -0.15) is 8.42 Å². The second-order valence-electron chi connectivity index (χ2n) is 4.95. The average Bonchev–Trinajstić information content (AvgIpc) is 2.13. The van der Waals surface area contributed by atoms with E-state index in [2.05, 4.69) is 4.18 Å². The molecule has 0 fully saturated rings. The highest BCUT2D eigenvalue weighted by Gasteiger charge is 2.15. The molecule has 1 rings (SSSR count). The van der Waals surface area contributed by atoms with E-state index in [-0.39, 0.29) is 5.60 Å². The quantitative estimate of drug-likeness (QED) is 0.855. The van der Waals surface area contributed by atoms with Crippen molar-refractivity contribution in [3.8, 4) is 5.75 Å². The summed E-state index contributed by atoms with van der Waals surface area (Å²) in [5.41, 5.74) is 0.340. The van der Waals surface area contributed by atoms with E-state index in [0.29, 0.717) is 11.3 Å². The molecule has 0 radical (unpaired) electrons. The van der Waals surface area contributed by atoms with Crippen LogP contribution in [0.15, 0.2) is 24.3 Å². The number of hydrogen-bond acceptors (Lipinski definition) is 4. The van der Waals surface area contributed by atoms with Crippen LogP contribution in [0.5, 0.6) is 5.75 Å². The van der Waals surface area contributed by atoms with Crippen LogP contribution in [-0.4, -0.2) is 18.6 Å². The molecule has 0 aliphatic carbocycles. The summed E-state index contributed by atoms with van der Waals surface area (Å²) >= 11 is 0. The molecule has 1 N–H and O–H groups in total. The molecule has 0 aliphatic heterocycles. The van der Waals surface area contributed by atoms with Crippen molar-refractivity contribution in [2.75, 3.05) is 0 Å². The van der Waals surface area contributed by atoms with Crippen LogP contribution in [0.25, 0.3) is 0 Å². The summed E-state index contributed by atoms with van der Waals surface area (Å²) in [6, 6.07) is 6.84. The smallest absolute Gasteiger partial charge is 0.397 e. The zero-order valence-electron chi connectivity index (χ0n) is 10.9. The first-order valence-corrected chi connectivity index (χ1v) is 6.88. The van der Waals surface area contributed by atoms with E-state index in [0.717, 1.165) is 0 Å². The molecule has 0 bridgehead atoms. The molecule has 5 nitrogen and oxygen atoms in total. The number of benzene rings is 1. The van der Waals surface area contributed by atoms with Gasteiger partial charge < -0.3 is 4.74 Å². The van der Waals surface area contributed by atoms with Crippen molar-refractivity contribution in [3.63, 3.8) is 0 Å². The predicted octanol–water partition coefficient (Wildman–Crippen LogP) is 2.74. The summed E-state index contributed by atoms with van der Waals surface area (Å²) in [6.45, 7) is 7.34. The minimum atomic E-state index is -4.44. The van der Waals surface area contributed by atoms with Gasteiger partial charge in [-0.05, 0) is 45.4 Å². The van der Waals surface area contributed by atoms with Crippen LogP contribution in [0.2, 0.25) is 0 Å². The third kappa shape index (κ3) is 5.48. The first-order chi connectivity index (χ1) is 8.07. The summed E-state index contributed by atoms with van der Waals surface area (Å²) in [5.74, 6) is 0.685. The summed E-state index contributed by atoms with van der Waals surface area (Å²) in [5, 5.41) is 0. The zero-order valence-corrected chi connectivity index (χ0v) is 11.7. The van der Waals surface area contributed by atoms with Gasteiger partial charge in [0.25, 0.3) is 0 Å². The minimum Gasteiger partial charge on any atom is -0.488 e. The van der Waals surface area contributed by atoms with Crippen molar-refractivity contribution < 1.29 is 21.9 Å². The Kier molecular flexibility index (Phi) is 4.37. The van der Waals surface area contributed by atoms with Crippen LogP contribution >= 0.6 is 0 Å². The van der Waals surface area contributed by atoms with E-state index >= 15 is 0 Å². The molecule has 0 heterocycles. The molecule has 0 amide bonds. The monoisotopic (exact) mass is 274 g/mol. The molecule has 0 unspecified atom stereocenters. The molecular weight excluding hydrogens is 256 g/mol. The molecule has 102 valence electrons. The zero-order chi connectivity index (χ0) is 14.0. The van der Waals surface area contributed by atoms with Gasteiger partial charge in [0.2, 0.25) is 0 Å². The summed E-state index contributed by atoms with van der Waals surface area (Å²) < 4.78 is 39.8. The number of hydrogen-bond donors (Lipinski definition) is 1. The summed E-state index contributed by atoms with van der Waals surface area (Å²) in [7, 11) is -4.44. The van der Waals surface area contributed by atoms with Crippen molar-refractivity contribution in [2.24, 2.45) is 0 Å².